The number of nitrogens with one attached hydrogen (secondary N) is 1. The normalized spacial score (nSPS) is 19.0. The molecule has 0 aromatic heterocycles. The molecule has 2 atom stereocenters. The van der Waals surface area contributed by atoms with E-state index >= 15 is 0 Å². The van der Waals surface area contributed by atoms with Crippen LogP contribution in [-0.4, -0.2) is 54.2 Å². The number of ether oxygens (including phenoxy) is 2. The molecule has 0 spiro atoms. The number of hydrogen-bond acceptors (Lipinski definition) is 5. The van der Waals surface area contributed by atoms with Crippen LogP contribution in [0, 0.1) is 0 Å². The first-order chi connectivity index (χ1) is 10.2. The SMILES string of the molecule is CCC(CC(=O)N1CCC1C(=O)OC)NC(=O)OC(C)(C)C. The molecule has 1 N–H and O–H groups in total. The van der Waals surface area contributed by atoms with Gasteiger partial charge in [0.25, 0.3) is 0 Å². The maximum Gasteiger partial charge on any atom is 0.407 e. The van der Waals surface area contributed by atoms with Crippen molar-refractivity contribution in [2.24, 2.45) is 0 Å². The molecule has 0 aromatic rings. The van der Waals surface area contributed by atoms with Gasteiger partial charge < -0.3 is 19.7 Å². The zero-order valence-corrected chi connectivity index (χ0v) is 14.0. The Morgan fingerprint density at radius 2 is 1.95 bits per heavy atom. The van der Waals surface area contributed by atoms with E-state index in [0.29, 0.717) is 19.4 Å². The number of alkyl carbamates (subject to hydrolysis) is 1. The Labute approximate surface area is 131 Å². The topological polar surface area (TPSA) is 84.9 Å². The summed E-state index contributed by atoms with van der Waals surface area (Å²) in [4.78, 5) is 37.0. The van der Waals surface area contributed by atoms with Crippen LogP contribution in [0.15, 0.2) is 0 Å². The number of methoxy groups -OCH3 is 1. The summed E-state index contributed by atoms with van der Waals surface area (Å²) < 4.78 is 9.84. The summed E-state index contributed by atoms with van der Waals surface area (Å²) in [6, 6.07) is -0.808. The Balaban J connectivity index is 2.50. The van der Waals surface area contributed by atoms with Crippen LogP contribution in [0.5, 0.6) is 0 Å². The van der Waals surface area contributed by atoms with E-state index in [1.807, 2.05) is 6.92 Å². The predicted octanol–water partition coefficient (Wildman–Crippen LogP) is 1.45. The minimum Gasteiger partial charge on any atom is -0.467 e. The van der Waals surface area contributed by atoms with E-state index in [-0.39, 0.29) is 18.4 Å². The fourth-order valence-corrected chi connectivity index (χ4v) is 2.17. The Morgan fingerprint density at radius 3 is 2.36 bits per heavy atom. The second-order valence-corrected chi connectivity index (χ2v) is 6.37. The van der Waals surface area contributed by atoms with Gasteiger partial charge in [-0.2, -0.15) is 0 Å². The van der Waals surface area contributed by atoms with Crippen LogP contribution >= 0.6 is 0 Å². The first-order valence-electron chi connectivity index (χ1n) is 7.54. The fraction of sp³-hybridized carbons (Fsp3) is 0.800. The maximum atomic E-state index is 12.2. The van der Waals surface area contributed by atoms with Gasteiger partial charge in [-0.15, -0.1) is 0 Å². The highest BCUT2D eigenvalue weighted by atomic mass is 16.6. The number of nitrogens with zero attached hydrogens (tertiary/aromatic N) is 1. The van der Waals surface area contributed by atoms with Crippen LogP contribution in [0.25, 0.3) is 0 Å². The Morgan fingerprint density at radius 1 is 1.32 bits per heavy atom. The van der Waals surface area contributed by atoms with E-state index in [9.17, 15) is 14.4 Å². The highest BCUT2D eigenvalue weighted by Crippen LogP contribution is 2.20. The molecule has 1 aliphatic heterocycles. The van der Waals surface area contributed by atoms with Gasteiger partial charge in [0.15, 0.2) is 0 Å². The predicted molar refractivity (Wildman–Crippen MR) is 80.2 cm³/mol. The second-order valence-electron chi connectivity index (χ2n) is 6.37. The van der Waals surface area contributed by atoms with E-state index < -0.39 is 23.7 Å². The zero-order chi connectivity index (χ0) is 16.9. The molecule has 7 heteroatoms. The van der Waals surface area contributed by atoms with Crippen molar-refractivity contribution in [1.82, 2.24) is 10.2 Å². The molecule has 1 heterocycles. The van der Waals surface area contributed by atoms with Gasteiger partial charge in [0.2, 0.25) is 5.91 Å². The third kappa shape index (κ3) is 5.20. The van der Waals surface area contributed by atoms with Crippen LogP contribution < -0.4 is 5.32 Å². The molecule has 1 rings (SSSR count). The van der Waals surface area contributed by atoms with Crippen LogP contribution in [0.2, 0.25) is 0 Å². The van der Waals surface area contributed by atoms with Gasteiger partial charge in [-0.3, -0.25) is 4.79 Å². The van der Waals surface area contributed by atoms with Crippen LogP contribution in [0.1, 0.15) is 47.0 Å². The average molecular weight is 314 g/mol. The van der Waals surface area contributed by atoms with E-state index in [0.717, 1.165) is 0 Å². The van der Waals surface area contributed by atoms with Gasteiger partial charge in [-0.05, 0) is 33.6 Å². The van der Waals surface area contributed by atoms with Crippen molar-refractivity contribution in [1.29, 1.82) is 0 Å². The zero-order valence-electron chi connectivity index (χ0n) is 14.0. The first-order valence-corrected chi connectivity index (χ1v) is 7.54. The standard InChI is InChI=1S/C15H26N2O5/c1-6-10(16-14(20)22-15(2,3)4)9-12(18)17-8-7-11(17)13(19)21-5/h10-11H,6-9H2,1-5H3,(H,16,20). The minimum absolute atomic E-state index is 0.142. The van der Waals surface area contributed by atoms with Gasteiger partial charge in [-0.25, -0.2) is 9.59 Å². The molecule has 22 heavy (non-hydrogen) atoms. The lowest BCUT2D eigenvalue weighted by molar-refractivity contribution is -0.159. The highest BCUT2D eigenvalue weighted by molar-refractivity contribution is 5.86. The fourth-order valence-electron chi connectivity index (χ4n) is 2.17. The number of rotatable bonds is 5. The number of hydrogen-bond donors (Lipinski definition) is 1. The summed E-state index contributed by atoms with van der Waals surface area (Å²) >= 11 is 0. The monoisotopic (exact) mass is 314 g/mol. The molecule has 1 saturated heterocycles. The molecule has 1 aliphatic rings. The molecule has 7 nitrogen and oxygen atoms in total. The molecular formula is C15H26N2O5. The molecule has 0 aliphatic carbocycles. The van der Waals surface area contributed by atoms with Crippen LogP contribution in [-0.2, 0) is 19.1 Å². The third-order valence-corrected chi connectivity index (χ3v) is 3.45. The molecule has 0 aromatic carbocycles. The molecule has 1 fully saturated rings. The number of esters is 1. The summed E-state index contributed by atoms with van der Waals surface area (Å²) in [5, 5.41) is 2.69. The quantitative estimate of drug-likeness (QED) is 0.776. The third-order valence-electron chi connectivity index (χ3n) is 3.45. The van der Waals surface area contributed by atoms with E-state index in [4.69, 9.17) is 4.74 Å². The molecule has 0 bridgehead atoms. The lowest BCUT2D eigenvalue weighted by atomic mass is 10.0. The van der Waals surface area contributed by atoms with E-state index in [1.54, 1.807) is 20.8 Å². The van der Waals surface area contributed by atoms with Crippen molar-refractivity contribution in [3.05, 3.63) is 0 Å². The van der Waals surface area contributed by atoms with Gasteiger partial charge in [0.05, 0.1) is 7.11 Å². The molecule has 2 amide bonds. The van der Waals surface area contributed by atoms with Crippen LogP contribution in [0.4, 0.5) is 4.79 Å². The lowest BCUT2D eigenvalue weighted by Crippen LogP contribution is -2.56. The Bertz CT molecular complexity index is 430. The molecular weight excluding hydrogens is 288 g/mol. The van der Waals surface area contributed by atoms with E-state index in [2.05, 4.69) is 10.1 Å². The summed E-state index contributed by atoms with van der Waals surface area (Å²) in [5.41, 5.74) is -0.583. The van der Waals surface area contributed by atoms with Gasteiger partial charge in [0.1, 0.15) is 11.6 Å². The van der Waals surface area contributed by atoms with Crippen molar-refractivity contribution in [2.75, 3.05) is 13.7 Å². The Kier molecular flexibility index (Phi) is 6.20. The van der Waals surface area contributed by atoms with Crippen molar-refractivity contribution < 1.29 is 23.9 Å². The first kappa shape index (κ1) is 18.3. The van der Waals surface area contributed by atoms with Crippen molar-refractivity contribution >= 4 is 18.0 Å². The summed E-state index contributed by atoms with van der Waals surface area (Å²) in [7, 11) is 1.31. The molecule has 0 radical (unpaired) electrons. The number of carbonyl (C=O) groups excluding carboxylic acids is 3. The van der Waals surface area contributed by atoms with Crippen LogP contribution in [0.3, 0.4) is 0 Å². The molecule has 2 unspecified atom stereocenters. The minimum atomic E-state index is -0.583. The average Bonchev–Trinajstić information content (AvgIpc) is 2.33. The van der Waals surface area contributed by atoms with E-state index in [1.165, 1.54) is 12.0 Å². The summed E-state index contributed by atoms with van der Waals surface area (Å²) in [6.07, 6.45) is 0.819. The van der Waals surface area contributed by atoms with Crippen molar-refractivity contribution in [2.45, 2.75) is 64.6 Å². The number of carbonyl (C=O) groups is 3. The van der Waals surface area contributed by atoms with Crippen molar-refractivity contribution in [3.63, 3.8) is 0 Å². The lowest BCUT2D eigenvalue weighted by Gasteiger charge is -2.39. The second kappa shape index (κ2) is 7.47. The van der Waals surface area contributed by atoms with Gasteiger partial charge in [-0.1, -0.05) is 6.92 Å². The number of likely N-dealkylation sites (tertiary alicyclic amines) is 1. The molecule has 126 valence electrons. The largest absolute Gasteiger partial charge is 0.467 e. The molecule has 0 saturated carbocycles. The van der Waals surface area contributed by atoms with Gasteiger partial charge in [0, 0.05) is 19.0 Å². The van der Waals surface area contributed by atoms with Gasteiger partial charge >= 0.3 is 12.1 Å². The summed E-state index contributed by atoms with van der Waals surface area (Å²) in [5.74, 6) is -0.558. The smallest absolute Gasteiger partial charge is 0.407 e. The number of amides is 2. The Hall–Kier alpha value is -1.79. The maximum absolute atomic E-state index is 12.2. The summed E-state index contributed by atoms with van der Waals surface area (Å²) in [6.45, 7) is 7.75. The highest BCUT2D eigenvalue weighted by Gasteiger charge is 2.38. The van der Waals surface area contributed by atoms with Crippen molar-refractivity contribution in [3.8, 4) is 0 Å².